The number of benzene rings is 1. The highest BCUT2D eigenvalue weighted by molar-refractivity contribution is 6.74. The highest BCUT2D eigenvalue weighted by atomic mass is 28.4. The molecule has 0 aliphatic carbocycles. The molecule has 7 nitrogen and oxygen atoms in total. The largest absolute Gasteiger partial charge is 0.413 e. The van der Waals surface area contributed by atoms with Gasteiger partial charge in [-0.1, -0.05) is 57.2 Å². The maximum absolute atomic E-state index is 11.9. The van der Waals surface area contributed by atoms with E-state index in [1.54, 1.807) is 13.8 Å². The van der Waals surface area contributed by atoms with Gasteiger partial charge in [-0.05, 0) is 43.1 Å². The molecule has 0 bridgehead atoms. The molecule has 2 rings (SSSR count). The van der Waals surface area contributed by atoms with Gasteiger partial charge in [-0.3, -0.25) is 0 Å². The lowest BCUT2D eigenvalue weighted by atomic mass is 9.85. The predicted molar refractivity (Wildman–Crippen MR) is 130 cm³/mol. The predicted octanol–water partition coefficient (Wildman–Crippen LogP) is 3.39. The van der Waals surface area contributed by atoms with Crippen molar-refractivity contribution in [2.45, 2.75) is 83.0 Å². The fraction of sp³-hybridized carbons (Fsp3) is 0.680. The van der Waals surface area contributed by atoms with Crippen LogP contribution in [0.2, 0.25) is 18.1 Å². The molecule has 3 N–H and O–H groups in total. The van der Waals surface area contributed by atoms with Crippen molar-refractivity contribution in [2.24, 2.45) is 0 Å². The van der Waals surface area contributed by atoms with Crippen LogP contribution in [0.15, 0.2) is 42.0 Å². The van der Waals surface area contributed by atoms with Crippen molar-refractivity contribution < 1.29 is 34.0 Å². The van der Waals surface area contributed by atoms with Gasteiger partial charge in [0, 0.05) is 0 Å². The van der Waals surface area contributed by atoms with Crippen molar-refractivity contribution in [1.82, 2.24) is 0 Å². The Morgan fingerprint density at radius 2 is 1.76 bits per heavy atom. The molecule has 0 radical (unpaired) electrons. The van der Waals surface area contributed by atoms with Gasteiger partial charge in [0.05, 0.1) is 33.0 Å². The lowest BCUT2D eigenvalue weighted by Crippen LogP contribution is -2.57. The number of hydrogen-bond acceptors (Lipinski definition) is 7. The fourth-order valence-corrected chi connectivity index (χ4v) is 4.60. The molecule has 33 heavy (non-hydrogen) atoms. The van der Waals surface area contributed by atoms with Crippen molar-refractivity contribution in [2.75, 3.05) is 26.4 Å². The van der Waals surface area contributed by atoms with Crippen LogP contribution in [0, 0.1) is 0 Å². The van der Waals surface area contributed by atoms with Gasteiger partial charge in [0.15, 0.2) is 14.1 Å². The summed E-state index contributed by atoms with van der Waals surface area (Å²) in [5.74, 6) is -0.962. The van der Waals surface area contributed by atoms with Crippen molar-refractivity contribution >= 4 is 8.32 Å². The lowest BCUT2D eigenvalue weighted by molar-refractivity contribution is -0.171. The third-order valence-corrected chi connectivity index (χ3v) is 11.0. The van der Waals surface area contributed by atoms with E-state index in [1.807, 2.05) is 30.3 Å². The van der Waals surface area contributed by atoms with Crippen molar-refractivity contribution in [3.8, 4) is 0 Å². The van der Waals surface area contributed by atoms with Crippen LogP contribution in [0.1, 0.15) is 40.2 Å². The molecular formula is C25H42O7Si. The Bertz CT molecular complexity index is 773. The Labute approximate surface area is 199 Å². The zero-order valence-electron chi connectivity index (χ0n) is 21.1. The molecule has 1 aromatic rings. The molecule has 0 unspecified atom stereocenters. The van der Waals surface area contributed by atoms with E-state index in [9.17, 15) is 15.3 Å². The maximum Gasteiger partial charge on any atom is 0.192 e. The molecule has 1 heterocycles. The first-order valence-electron chi connectivity index (χ1n) is 11.5. The zero-order valence-corrected chi connectivity index (χ0v) is 22.1. The van der Waals surface area contributed by atoms with Crippen LogP contribution in [-0.2, 0) is 25.2 Å². The zero-order chi connectivity index (χ0) is 24.9. The summed E-state index contributed by atoms with van der Waals surface area (Å²) in [7, 11) is -2.23. The van der Waals surface area contributed by atoms with Gasteiger partial charge < -0.3 is 34.0 Å². The molecule has 1 aromatic carbocycles. The minimum atomic E-state index is -2.23. The maximum atomic E-state index is 11.9. The molecule has 1 fully saturated rings. The van der Waals surface area contributed by atoms with Crippen molar-refractivity contribution in [1.29, 1.82) is 0 Å². The van der Waals surface area contributed by atoms with E-state index in [0.29, 0.717) is 6.61 Å². The SMILES string of the molecule is CC1(C)O[C@@H](COCc2ccccc2)[C@H]([C@](O)(CO[Si](C)(C)C(C)(C)C)/C(=C/CO)CO)O1. The van der Waals surface area contributed by atoms with Crippen LogP contribution in [0.25, 0.3) is 0 Å². The average Bonchev–Trinajstić information content (AvgIpc) is 3.05. The smallest absolute Gasteiger partial charge is 0.192 e. The van der Waals surface area contributed by atoms with Gasteiger partial charge in [0.25, 0.3) is 0 Å². The van der Waals surface area contributed by atoms with Gasteiger partial charge in [0.1, 0.15) is 17.8 Å². The quantitative estimate of drug-likeness (QED) is 0.329. The summed E-state index contributed by atoms with van der Waals surface area (Å²) in [6.07, 6.45) is -0.0608. The summed E-state index contributed by atoms with van der Waals surface area (Å²) in [6.45, 7) is 13.8. The number of ether oxygens (including phenoxy) is 3. The molecule has 188 valence electrons. The van der Waals surface area contributed by atoms with E-state index in [-0.39, 0.29) is 30.4 Å². The van der Waals surface area contributed by atoms with E-state index in [0.717, 1.165) is 5.56 Å². The Morgan fingerprint density at radius 1 is 1.12 bits per heavy atom. The topological polar surface area (TPSA) is 97.6 Å². The summed E-state index contributed by atoms with van der Waals surface area (Å²) in [5.41, 5.74) is -0.440. The van der Waals surface area contributed by atoms with Crippen LogP contribution in [-0.4, -0.2) is 73.7 Å². The minimum absolute atomic E-state index is 0.0710. The molecule has 0 aromatic heterocycles. The van der Waals surface area contributed by atoms with Gasteiger partial charge in [-0.2, -0.15) is 0 Å². The second-order valence-electron chi connectivity index (χ2n) is 10.6. The second-order valence-corrected chi connectivity index (χ2v) is 15.4. The standard InChI is InChI=1S/C25H42O7Si/c1-23(2,3)33(6,7)30-18-25(28,20(15-27)13-14-26)22-21(31-24(4,5)32-22)17-29-16-19-11-9-8-10-12-19/h8-13,21-22,26-28H,14-18H2,1-7H3/b20-13+/t21-,22+,25-/m0/s1. The van der Waals surface area contributed by atoms with Crippen LogP contribution in [0.3, 0.4) is 0 Å². The van der Waals surface area contributed by atoms with Crippen LogP contribution in [0.5, 0.6) is 0 Å². The molecule has 1 saturated heterocycles. The van der Waals surface area contributed by atoms with Gasteiger partial charge in [-0.25, -0.2) is 0 Å². The Kier molecular flexibility index (Phi) is 9.46. The number of aliphatic hydroxyl groups excluding tert-OH is 2. The first-order chi connectivity index (χ1) is 15.3. The molecule has 0 saturated carbocycles. The second kappa shape index (κ2) is 11.1. The molecule has 1 aliphatic rings. The number of aliphatic hydroxyl groups is 3. The molecular weight excluding hydrogens is 440 g/mol. The molecule has 1 aliphatic heterocycles. The van der Waals surface area contributed by atoms with Crippen molar-refractivity contribution in [3.63, 3.8) is 0 Å². The average molecular weight is 483 g/mol. The van der Waals surface area contributed by atoms with E-state index in [1.165, 1.54) is 6.08 Å². The third-order valence-electron chi connectivity index (χ3n) is 6.57. The first-order valence-corrected chi connectivity index (χ1v) is 14.4. The van der Waals surface area contributed by atoms with E-state index in [2.05, 4.69) is 33.9 Å². The van der Waals surface area contributed by atoms with Crippen LogP contribution in [0.4, 0.5) is 0 Å². The van der Waals surface area contributed by atoms with Crippen LogP contribution < -0.4 is 0 Å². The first kappa shape index (κ1) is 28.1. The van der Waals surface area contributed by atoms with Crippen LogP contribution >= 0.6 is 0 Å². The minimum Gasteiger partial charge on any atom is -0.413 e. The summed E-state index contributed by atoms with van der Waals surface area (Å²) < 4.78 is 24.5. The van der Waals surface area contributed by atoms with E-state index < -0.39 is 38.5 Å². The summed E-state index contributed by atoms with van der Waals surface area (Å²) in [6, 6.07) is 9.80. The van der Waals surface area contributed by atoms with E-state index >= 15 is 0 Å². The molecule has 3 atom stereocenters. The van der Waals surface area contributed by atoms with Gasteiger partial charge in [0.2, 0.25) is 0 Å². The molecule has 0 spiro atoms. The highest BCUT2D eigenvalue weighted by Crippen LogP contribution is 2.41. The summed E-state index contributed by atoms with van der Waals surface area (Å²) >= 11 is 0. The molecule has 8 heteroatoms. The summed E-state index contributed by atoms with van der Waals surface area (Å²) in [5, 5.41) is 31.5. The Balaban J connectivity index is 2.29. The lowest BCUT2D eigenvalue weighted by Gasteiger charge is -2.42. The Hall–Kier alpha value is -1.10. The fourth-order valence-electron chi connectivity index (χ4n) is 3.58. The monoisotopic (exact) mass is 482 g/mol. The highest BCUT2D eigenvalue weighted by Gasteiger charge is 2.55. The summed E-state index contributed by atoms with van der Waals surface area (Å²) in [4.78, 5) is 0. The normalized spacial score (nSPS) is 23.5. The number of rotatable bonds is 11. The van der Waals surface area contributed by atoms with Crippen molar-refractivity contribution in [3.05, 3.63) is 47.5 Å². The van der Waals surface area contributed by atoms with Gasteiger partial charge >= 0.3 is 0 Å². The van der Waals surface area contributed by atoms with E-state index in [4.69, 9.17) is 18.6 Å². The Morgan fingerprint density at radius 3 is 2.30 bits per heavy atom. The third kappa shape index (κ3) is 7.19. The number of hydrogen-bond donors (Lipinski definition) is 3. The molecule has 0 amide bonds. The van der Waals surface area contributed by atoms with Gasteiger partial charge in [-0.15, -0.1) is 0 Å².